The summed E-state index contributed by atoms with van der Waals surface area (Å²) in [7, 11) is 0. The van der Waals surface area contributed by atoms with Gasteiger partial charge in [0.2, 0.25) is 0 Å². The van der Waals surface area contributed by atoms with Gasteiger partial charge in [0.15, 0.2) is 0 Å². The van der Waals surface area contributed by atoms with Crippen molar-refractivity contribution in [2.75, 3.05) is 19.6 Å². The first-order valence-corrected chi connectivity index (χ1v) is 7.33. The van der Waals surface area contributed by atoms with Crippen LogP contribution >= 0.6 is 15.9 Å². The van der Waals surface area contributed by atoms with Crippen molar-refractivity contribution in [1.29, 1.82) is 0 Å². The molecule has 3 rings (SSSR count). The predicted molar refractivity (Wildman–Crippen MR) is 74.2 cm³/mol. The molecule has 92 valence electrons. The van der Waals surface area contributed by atoms with Crippen molar-refractivity contribution < 1.29 is 0 Å². The maximum Gasteiger partial charge on any atom is 0.0357 e. The van der Waals surface area contributed by atoms with Gasteiger partial charge >= 0.3 is 0 Å². The molecule has 0 aromatic heterocycles. The van der Waals surface area contributed by atoms with Gasteiger partial charge < -0.3 is 5.32 Å². The first-order chi connectivity index (χ1) is 8.29. The third-order valence-corrected chi connectivity index (χ3v) is 4.64. The molecular weight excluding hydrogens is 276 g/mol. The lowest BCUT2D eigenvalue weighted by Gasteiger charge is -2.41. The van der Waals surface area contributed by atoms with Gasteiger partial charge in [-0.3, -0.25) is 4.90 Å². The lowest BCUT2D eigenvalue weighted by molar-refractivity contribution is 0.101. The summed E-state index contributed by atoms with van der Waals surface area (Å²) >= 11 is 3.57. The summed E-state index contributed by atoms with van der Waals surface area (Å²) < 4.78 is 1.21. The minimum atomic E-state index is 0.648. The largest absolute Gasteiger partial charge is 0.314 e. The molecule has 3 heteroatoms. The molecule has 1 fully saturated rings. The SMILES string of the molecule is CCN(C1CNC1)C1CCc2cc(Br)ccc21. The molecule has 1 N–H and O–H groups in total. The molecule has 1 atom stereocenters. The normalized spacial score (nSPS) is 23.8. The number of likely N-dealkylation sites (N-methyl/N-ethyl adjacent to an activating group) is 1. The summed E-state index contributed by atoms with van der Waals surface area (Å²) in [5.41, 5.74) is 3.09. The molecule has 1 aromatic rings. The van der Waals surface area contributed by atoms with E-state index in [0.29, 0.717) is 6.04 Å². The molecule has 0 saturated carbocycles. The van der Waals surface area contributed by atoms with Crippen LogP contribution < -0.4 is 5.32 Å². The quantitative estimate of drug-likeness (QED) is 0.922. The van der Waals surface area contributed by atoms with Gasteiger partial charge in [-0.2, -0.15) is 0 Å². The zero-order chi connectivity index (χ0) is 11.8. The maximum absolute atomic E-state index is 3.57. The summed E-state index contributed by atoms with van der Waals surface area (Å²) in [4.78, 5) is 2.68. The number of fused-ring (bicyclic) bond motifs is 1. The van der Waals surface area contributed by atoms with Gasteiger partial charge in [-0.25, -0.2) is 0 Å². The van der Waals surface area contributed by atoms with Crippen LogP contribution in [0.2, 0.25) is 0 Å². The minimum absolute atomic E-state index is 0.648. The highest BCUT2D eigenvalue weighted by Gasteiger charge is 2.33. The minimum Gasteiger partial charge on any atom is -0.314 e. The second kappa shape index (κ2) is 4.71. The average molecular weight is 295 g/mol. The average Bonchev–Trinajstić information content (AvgIpc) is 2.65. The molecule has 2 aliphatic rings. The van der Waals surface area contributed by atoms with Crippen molar-refractivity contribution in [3.8, 4) is 0 Å². The summed E-state index contributed by atoms with van der Waals surface area (Å²) in [6, 6.07) is 8.19. The Kier molecular flexibility index (Phi) is 3.24. The number of nitrogens with zero attached hydrogens (tertiary/aromatic N) is 1. The number of hydrogen-bond donors (Lipinski definition) is 1. The molecule has 1 heterocycles. The summed E-state index contributed by atoms with van der Waals surface area (Å²) in [6.45, 7) is 5.77. The first-order valence-electron chi connectivity index (χ1n) is 6.54. The monoisotopic (exact) mass is 294 g/mol. The highest BCUT2D eigenvalue weighted by Crippen LogP contribution is 2.38. The zero-order valence-corrected chi connectivity index (χ0v) is 11.8. The Morgan fingerprint density at radius 1 is 1.41 bits per heavy atom. The van der Waals surface area contributed by atoms with E-state index in [0.717, 1.165) is 25.7 Å². The molecule has 1 saturated heterocycles. The van der Waals surface area contributed by atoms with Crippen molar-refractivity contribution in [3.05, 3.63) is 33.8 Å². The topological polar surface area (TPSA) is 15.3 Å². The number of aryl methyl sites for hydroxylation is 1. The molecule has 0 spiro atoms. The second-order valence-corrected chi connectivity index (χ2v) is 5.96. The van der Waals surface area contributed by atoms with Gasteiger partial charge in [-0.1, -0.05) is 28.9 Å². The fourth-order valence-corrected chi connectivity index (χ4v) is 3.56. The fourth-order valence-electron chi connectivity index (χ4n) is 3.15. The van der Waals surface area contributed by atoms with Gasteiger partial charge in [-0.05, 0) is 42.6 Å². The molecule has 1 aliphatic heterocycles. The van der Waals surface area contributed by atoms with Crippen LogP contribution in [0.5, 0.6) is 0 Å². The van der Waals surface area contributed by atoms with E-state index >= 15 is 0 Å². The van der Waals surface area contributed by atoms with Gasteiger partial charge in [0.1, 0.15) is 0 Å². The standard InChI is InChI=1S/C14H19BrN2/c1-2-17(12-8-16-9-12)14-6-3-10-7-11(15)4-5-13(10)14/h4-5,7,12,14,16H,2-3,6,8-9H2,1H3. The van der Waals surface area contributed by atoms with E-state index in [4.69, 9.17) is 0 Å². The van der Waals surface area contributed by atoms with Crippen LogP contribution in [0.1, 0.15) is 30.5 Å². The maximum atomic E-state index is 3.57. The summed E-state index contributed by atoms with van der Waals surface area (Å²) in [5.74, 6) is 0. The van der Waals surface area contributed by atoms with E-state index in [1.807, 2.05) is 0 Å². The Hall–Kier alpha value is -0.380. The van der Waals surface area contributed by atoms with E-state index in [9.17, 15) is 0 Å². The van der Waals surface area contributed by atoms with Crippen molar-refractivity contribution >= 4 is 15.9 Å². The van der Waals surface area contributed by atoms with Crippen LogP contribution in [0.15, 0.2) is 22.7 Å². The molecule has 2 nitrogen and oxygen atoms in total. The van der Waals surface area contributed by atoms with Crippen LogP contribution in [-0.4, -0.2) is 30.6 Å². The number of benzene rings is 1. The molecular formula is C14H19BrN2. The molecule has 0 bridgehead atoms. The van der Waals surface area contributed by atoms with E-state index in [1.54, 1.807) is 5.56 Å². The first kappa shape index (κ1) is 11.7. The number of rotatable bonds is 3. The van der Waals surface area contributed by atoms with Crippen molar-refractivity contribution in [1.82, 2.24) is 10.2 Å². The lowest BCUT2D eigenvalue weighted by Crippen LogP contribution is -2.57. The van der Waals surface area contributed by atoms with Gasteiger partial charge in [-0.15, -0.1) is 0 Å². The molecule has 1 unspecified atom stereocenters. The summed E-state index contributed by atoms with van der Waals surface area (Å²) in [6.07, 6.45) is 2.52. The molecule has 1 aliphatic carbocycles. The molecule has 17 heavy (non-hydrogen) atoms. The van der Waals surface area contributed by atoms with Crippen LogP contribution in [0.4, 0.5) is 0 Å². The van der Waals surface area contributed by atoms with Crippen LogP contribution in [0.25, 0.3) is 0 Å². The van der Waals surface area contributed by atoms with Crippen molar-refractivity contribution in [2.24, 2.45) is 0 Å². The smallest absolute Gasteiger partial charge is 0.0357 e. The van der Waals surface area contributed by atoms with E-state index < -0.39 is 0 Å². The molecule has 0 amide bonds. The van der Waals surface area contributed by atoms with Crippen molar-refractivity contribution in [2.45, 2.75) is 31.8 Å². The predicted octanol–water partition coefficient (Wildman–Crippen LogP) is 2.73. The van der Waals surface area contributed by atoms with E-state index in [1.165, 1.54) is 22.9 Å². The Bertz CT molecular complexity index is 415. The third-order valence-electron chi connectivity index (χ3n) is 4.15. The van der Waals surface area contributed by atoms with Gasteiger partial charge in [0, 0.05) is 29.6 Å². The van der Waals surface area contributed by atoms with Crippen LogP contribution in [0.3, 0.4) is 0 Å². The van der Waals surface area contributed by atoms with Crippen LogP contribution in [0, 0.1) is 0 Å². The van der Waals surface area contributed by atoms with E-state index in [2.05, 4.69) is 51.3 Å². The Morgan fingerprint density at radius 3 is 2.88 bits per heavy atom. The highest BCUT2D eigenvalue weighted by molar-refractivity contribution is 9.10. The Labute approximate surface area is 112 Å². The van der Waals surface area contributed by atoms with Gasteiger partial charge in [0.25, 0.3) is 0 Å². The van der Waals surface area contributed by atoms with Crippen LogP contribution in [-0.2, 0) is 6.42 Å². The van der Waals surface area contributed by atoms with Gasteiger partial charge in [0.05, 0.1) is 0 Å². The third kappa shape index (κ3) is 2.05. The zero-order valence-electron chi connectivity index (χ0n) is 10.2. The molecule has 0 radical (unpaired) electrons. The number of hydrogen-bond acceptors (Lipinski definition) is 2. The van der Waals surface area contributed by atoms with E-state index in [-0.39, 0.29) is 0 Å². The number of nitrogens with one attached hydrogen (secondary N) is 1. The fraction of sp³-hybridized carbons (Fsp3) is 0.571. The Morgan fingerprint density at radius 2 is 2.24 bits per heavy atom. The molecule has 1 aromatic carbocycles. The second-order valence-electron chi connectivity index (χ2n) is 5.04. The lowest BCUT2D eigenvalue weighted by atomic mass is 10.0. The Balaban J connectivity index is 1.86. The summed E-state index contributed by atoms with van der Waals surface area (Å²) in [5, 5.41) is 3.38. The highest BCUT2D eigenvalue weighted by atomic mass is 79.9. The van der Waals surface area contributed by atoms with Crippen molar-refractivity contribution in [3.63, 3.8) is 0 Å². The number of halogens is 1.